The van der Waals surface area contributed by atoms with Gasteiger partial charge in [0.1, 0.15) is 6.54 Å². The molecule has 1 aromatic rings. The van der Waals surface area contributed by atoms with E-state index in [1.54, 1.807) is 25.1 Å². The number of nitrogens with zero attached hydrogens (tertiary/aromatic N) is 2. The molecule has 0 N–H and O–H groups in total. The average Bonchev–Trinajstić information content (AvgIpc) is 2.29. The molecule has 0 bridgehead atoms. The lowest BCUT2D eigenvalue weighted by atomic mass is 10.1. The van der Waals surface area contributed by atoms with E-state index in [0.717, 1.165) is 15.4 Å². The summed E-state index contributed by atoms with van der Waals surface area (Å²) in [6.45, 7) is 5.69. The van der Waals surface area contributed by atoms with Crippen LogP contribution in [0.1, 0.15) is 18.1 Å². The number of hydrogen-bond acceptors (Lipinski definition) is 3. The van der Waals surface area contributed by atoms with Gasteiger partial charge in [0.05, 0.1) is 11.0 Å². The Labute approximate surface area is 103 Å². The molecule has 0 heterocycles. The number of nitriles is 1. The zero-order valence-electron chi connectivity index (χ0n) is 10.3. The fourth-order valence-corrected chi connectivity index (χ4v) is 2.90. The van der Waals surface area contributed by atoms with E-state index in [-0.39, 0.29) is 11.4 Å². The summed E-state index contributed by atoms with van der Waals surface area (Å²) in [5, 5.41) is 8.62. The molecule has 0 aliphatic rings. The number of hydrogen-bond donors (Lipinski definition) is 0. The van der Waals surface area contributed by atoms with Crippen LogP contribution in [0.3, 0.4) is 0 Å². The van der Waals surface area contributed by atoms with E-state index < -0.39 is 10.0 Å². The van der Waals surface area contributed by atoms with Gasteiger partial charge in [0.25, 0.3) is 0 Å². The van der Waals surface area contributed by atoms with Crippen LogP contribution in [-0.4, -0.2) is 25.8 Å². The molecule has 0 saturated heterocycles. The van der Waals surface area contributed by atoms with Crippen molar-refractivity contribution < 1.29 is 8.42 Å². The molecule has 0 aromatic heterocycles. The number of sulfonamides is 1. The molecule has 1 rings (SSSR count). The van der Waals surface area contributed by atoms with Crippen LogP contribution in [0.15, 0.2) is 23.1 Å². The molecule has 92 valence electrons. The van der Waals surface area contributed by atoms with E-state index >= 15 is 0 Å². The van der Waals surface area contributed by atoms with Crippen LogP contribution >= 0.6 is 0 Å². The van der Waals surface area contributed by atoms with E-state index in [4.69, 9.17) is 5.26 Å². The normalized spacial score (nSPS) is 11.5. The van der Waals surface area contributed by atoms with E-state index in [2.05, 4.69) is 0 Å². The Kier molecular flexibility index (Phi) is 4.27. The van der Waals surface area contributed by atoms with Gasteiger partial charge in [0.15, 0.2) is 0 Å². The van der Waals surface area contributed by atoms with Crippen molar-refractivity contribution in [3.05, 3.63) is 29.3 Å². The lowest BCUT2D eigenvalue weighted by molar-refractivity contribution is 0.462. The maximum Gasteiger partial charge on any atom is 0.244 e. The van der Waals surface area contributed by atoms with Crippen molar-refractivity contribution >= 4 is 10.0 Å². The van der Waals surface area contributed by atoms with Crippen molar-refractivity contribution in [2.75, 3.05) is 13.1 Å². The molecular weight excluding hydrogens is 236 g/mol. The molecule has 0 radical (unpaired) electrons. The Morgan fingerprint density at radius 3 is 2.41 bits per heavy atom. The number of benzene rings is 1. The SMILES string of the molecule is CCN(CC#N)S(=O)(=O)c1ccc(C)c(C)c1. The number of aryl methyl sites for hydroxylation is 2. The minimum atomic E-state index is -3.54. The molecule has 0 spiro atoms. The smallest absolute Gasteiger partial charge is 0.207 e. The first-order chi connectivity index (χ1) is 7.93. The van der Waals surface area contributed by atoms with Crippen molar-refractivity contribution in [1.82, 2.24) is 4.31 Å². The van der Waals surface area contributed by atoms with E-state index in [9.17, 15) is 8.42 Å². The summed E-state index contributed by atoms with van der Waals surface area (Å²) in [6.07, 6.45) is 0. The third-order valence-corrected chi connectivity index (χ3v) is 4.63. The minimum Gasteiger partial charge on any atom is -0.207 e. The molecule has 5 heteroatoms. The Bertz CT molecular complexity index is 544. The van der Waals surface area contributed by atoms with Gasteiger partial charge in [-0.2, -0.15) is 9.57 Å². The molecule has 0 fully saturated rings. The molecule has 0 unspecified atom stereocenters. The second-order valence-corrected chi connectivity index (χ2v) is 5.77. The van der Waals surface area contributed by atoms with Crippen molar-refractivity contribution in [1.29, 1.82) is 5.26 Å². The van der Waals surface area contributed by atoms with E-state index in [0.29, 0.717) is 6.54 Å². The van der Waals surface area contributed by atoms with Crippen LogP contribution < -0.4 is 0 Å². The van der Waals surface area contributed by atoms with Gasteiger partial charge in [-0.1, -0.05) is 13.0 Å². The third kappa shape index (κ3) is 2.84. The highest BCUT2D eigenvalue weighted by Gasteiger charge is 2.22. The van der Waals surface area contributed by atoms with E-state index in [1.165, 1.54) is 0 Å². The molecule has 1 aromatic carbocycles. The summed E-state index contributed by atoms with van der Waals surface area (Å²) in [4.78, 5) is 0.248. The van der Waals surface area contributed by atoms with Crippen molar-refractivity contribution in [3.8, 4) is 6.07 Å². The van der Waals surface area contributed by atoms with Crippen molar-refractivity contribution in [3.63, 3.8) is 0 Å². The topological polar surface area (TPSA) is 61.2 Å². The van der Waals surface area contributed by atoms with Gasteiger partial charge in [0, 0.05) is 6.54 Å². The summed E-state index contributed by atoms with van der Waals surface area (Å²) in [6, 6.07) is 6.87. The molecular formula is C12H16N2O2S. The third-order valence-electron chi connectivity index (χ3n) is 2.72. The van der Waals surface area contributed by atoms with Crippen LogP contribution in [0.5, 0.6) is 0 Å². The first-order valence-corrected chi connectivity index (χ1v) is 6.81. The van der Waals surface area contributed by atoms with Crippen LogP contribution in [0, 0.1) is 25.2 Å². The first-order valence-electron chi connectivity index (χ1n) is 5.37. The van der Waals surface area contributed by atoms with Gasteiger partial charge >= 0.3 is 0 Å². The molecule has 0 aliphatic carbocycles. The number of rotatable bonds is 4. The predicted molar refractivity (Wildman–Crippen MR) is 66.0 cm³/mol. The second kappa shape index (κ2) is 5.30. The van der Waals surface area contributed by atoms with Crippen molar-refractivity contribution in [2.24, 2.45) is 0 Å². The lowest BCUT2D eigenvalue weighted by Gasteiger charge is -2.17. The highest BCUT2D eigenvalue weighted by molar-refractivity contribution is 7.89. The quantitative estimate of drug-likeness (QED) is 0.768. The van der Waals surface area contributed by atoms with Crippen LogP contribution in [0.25, 0.3) is 0 Å². The maximum absolute atomic E-state index is 12.2. The van der Waals surface area contributed by atoms with Gasteiger partial charge < -0.3 is 0 Å². The fraction of sp³-hybridized carbons (Fsp3) is 0.417. The largest absolute Gasteiger partial charge is 0.244 e. The van der Waals surface area contributed by atoms with Gasteiger partial charge in [0.2, 0.25) is 10.0 Å². The second-order valence-electron chi connectivity index (χ2n) is 3.84. The predicted octanol–water partition coefficient (Wildman–Crippen LogP) is 1.84. The monoisotopic (exact) mass is 252 g/mol. The Hall–Kier alpha value is -1.38. The average molecular weight is 252 g/mol. The molecule has 0 saturated carbocycles. The van der Waals surface area contributed by atoms with Gasteiger partial charge in [-0.15, -0.1) is 0 Å². The Morgan fingerprint density at radius 1 is 1.29 bits per heavy atom. The summed E-state index contributed by atoms with van der Waals surface area (Å²) in [7, 11) is -3.54. The summed E-state index contributed by atoms with van der Waals surface area (Å²) in [5.74, 6) is 0. The van der Waals surface area contributed by atoms with Gasteiger partial charge in [-0.3, -0.25) is 0 Å². The zero-order chi connectivity index (χ0) is 13.1. The summed E-state index contributed by atoms with van der Waals surface area (Å²) in [5.41, 5.74) is 1.98. The van der Waals surface area contributed by atoms with Crippen molar-refractivity contribution in [2.45, 2.75) is 25.7 Å². The maximum atomic E-state index is 12.2. The Morgan fingerprint density at radius 2 is 1.94 bits per heavy atom. The summed E-state index contributed by atoms with van der Waals surface area (Å²) < 4.78 is 25.5. The van der Waals surface area contributed by atoms with Crippen LogP contribution in [0.2, 0.25) is 0 Å². The van der Waals surface area contributed by atoms with E-state index in [1.807, 2.05) is 19.9 Å². The molecule has 4 nitrogen and oxygen atoms in total. The fourth-order valence-electron chi connectivity index (χ4n) is 1.47. The van der Waals surface area contributed by atoms with Crippen LogP contribution in [0.4, 0.5) is 0 Å². The minimum absolute atomic E-state index is 0.119. The summed E-state index contributed by atoms with van der Waals surface area (Å²) >= 11 is 0. The van der Waals surface area contributed by atoms with Gasteiger partial charge in [-0.05, 0) is 37.1 Å². The molecule has 0 aliphatic heterocycles. The van der Waals surface area contributed by atoms with Gasteiger partial charge in [-0.25, -0.2) is 8.42 Å². The lowest BCUT2D eigenvalue weighted by Crippen LogP contribution is -2.31. The highest BCUT2D eigenvalue weighted by atomic mass is 32.2. The molecule has 0 amide bonds. The first kappa shape index (κ1) is 13.7. The van der Waals surface area contributed by atoms with Crippen LogP contribution in [-0.2, 0) is 10.0 Å². The Balaban J connectivity index is 3.21. The molecule has 0 atom stereocenters. The zero-order valence-corrected chi connectivity index (χ0v) is 11.1. The highest BCUT2D eigenvalue weighted by Crippen LogP contribution is 2.18. The molecule has 17 heavy (non-hydrogen) atoms. The standard InChI is InChI=1S/C12H16N2O2S/c1-4-14(8-7-13)17(15,16)12-6-5-10(2)11(3)9-12/h5-6,9H,4,8H2,1-3H3.